The van der Waals surface area contributed by atoms with Crippen LogP contribution in [0.5, 0.6) is 0 Å². The highest BCUT2D eigenvalue weighted by Gasteiger charge is 2.88. The summed E-state index contributed by atoms with van der Waals surface area (Å²) in [5.74, 6) is -14.6. The molecule has 0 saturated heterocycles. The molecule has 1 N–H and O–H groups in total. The van der Waals surface area contributed by atoms with Gasteiger partial charge in [0.25, 0.3) is 0 Å². The molecule has 0 fully saturated rings. The van der Waals surface area contributed by atoms with Gasteiger partial charge in [0, 0.05) is 0 Å². The van der Waals surface area contributed by atoms with Gasteiger partial charge in [-0.3, -0.25) is 4.89 Å². The topological polar surface area (TPSA) is 29.5 Å². The first kappa shape index (κ1) is 22.1. The van der Waals surface area contributed by atoms with Crippen LogP contribution in [0.15, 0.2) is 0 Å². The lowest BCUT2D eigenvalue weighted by molar-refractivity contribution is -0.361. The van der Waals surface area contributed by atoms with E-state index in [0.29, 0.717) is 0 Å². The minimum atomic E-state index is -7.25. The first-order valence-electron chi connectivity index (χ1n) is 4.59. The summed E-state index contributed by atoms with van der Waals surface area (Å²) in [5, 5.41) is -4.68. The average Bonchev–Trinajstić information content (AvgIpc) is 2.32. The van der Waals surface area contributed by atoms with Crippen molar-refractivity contribution in [2.75, 3.05) is 0 Å². The van der Waals surface area contributed by atoms with E-state index in [4.69, 9.17) is 5.26 Å². The van der Waals surface area contributed by atoms with Gasteiger partial charge in [0.15, 0.2) is 6.11 Å². The third kappa shape index (κ3) is 3.20. The second-order valence-electron chi connectivity index (χ2n) is 3.70. The molecule has 0 aromatic heterocycles. The van der Waals surface area contributed by atoms with E-state index in [1.54, 1.807) is 0 Å². The smallest absolute Gasteiger partial charge is 0.285 e. The molecule has 0 bridgehead atoms. The Morgan fingerprint density at radius 1 is 0.739 bits per heavy atom. The Hall–Kier alpha value is -0.870. The Morgan fingerprint density at radius 3 is 1.39 bits per heavy atom. The summed E-state index contributed by atoms with van der Waals surface area (Å²) >= 11 is 7.68. The van der Waals surface area contributed by atoms with Crippen LogP contribution in [0.1, 0.15) is 0 Å². The van der Waals surface area contributed by atoms with Gasteiger partial charge in [-0.2, -0.15) is 44.8 Å². The SMILES string of the molecule is OOC#CC(F)(C(F)(F)C(F)(F)F)C(F)(F)C(F)(Cl)C(F)(F)Cl. The van der Waals surface area contributed by atoms with Crippen LogP contribution in [0.25, 0.3) is 0 Å². The van der Waals surface area contributed by atoms with Crippen molar-refractivity contribution in [3.05, 3.63) is 0 Å². The van der Waals surface area contributed by atoms with E-state index in [-0.39, 0.29) is 12.0 Å². The summed E-state index contributed by atoms with van der Waals surface area (Å²) in [5.41, 5.74) is -6.74. The second kappa shape index (κ2) is 5.89. The molecule has 0 radical (unpaired) electrons. The molecule has 0 aliphatic carbocycles. The zero-order valence-electron chi connectivity index (χ0n) is 9.77. The van der Waals surface area contributed by atoms with Crippen molar-refractivity contribution in [2.24, 2.45) is 0 Å². The van der Waals surface area contributed by atoms with Crippen LogP contribution in [-0.2, 0) is 4.89 Å². The molecule has 0 rings (SSSR count). The monoisotopic (exact) mass is 408 g/mol. The molecular weight excluding hydrogens is 408 g/mol. The molecule has 15 heteroatoms. The third-order valence-corrected chi connectivity index (χ3v) is 3.07. The molecule has 0 amide bonds. The van der Waals surface area contributed by atoms with E-state index < -0.39 is 34.2 Å². The minimum absolute atomic E-state index is 0.154. The quantitative estimate of drug-likeness (QED) is 0.240. The Morgan fingerprint density at radius 2 is 1.13 bits per heavy atom. The summed E-state index contributed by atoms with van der Waals surface area (Å²) < 4.78 is 141. The molecule has 2 nitrogen and oxygen atoms in total. The van der Waals surface area contributed by atoms with Crippen molar-refractivity contribution in [1.82, 2.24) is 0 Å². The van der Waals surface area contributed by atoms with E-state index >= 15 is 0 Å². The van der Waals surface area contributed by atoms with E-state index in [1.807, 2.05) is 0 Å². The molecular formula is C8HCl2F11O2. The van der Waals surface area contributed by atoms with Crippen LogP contribution >= 0.6 is 23.2 Å². The number of halogens is 13. The Labute approximate surface area is 129 Å². The molecule has 2 unspecified atom stereocenters. The van der Waals surface area contributed by atoms with Gasteiger partial charge in [0.2, 0.25) is 0 Å². The fourth-order valence-corrected chi connectivity index (χ4v) is 1.29. The van der Waals surface area contributed by atoms with Gasteiger partial charge in [0.1, 0.15) is 0 Å². The number of alkyl halides is 13. The Bertz CT molecular complexity index is 501. The standard InChI is InChI=1S/C8HCl2F11O2/c9-4(12,7(10,17)18)5(13,14)3(11,1-2-23-22)6(15,16)8(19,20)21/h22H. The van der Waals surface area contributed by atoms with Crippen LogP contribution in [0.4, 0.5) is 48.3 Å². The normalized spacial score (nSPS) is 19.2. The maximum Gasteiger partial charge on any atom is 0.458 e. The summed E-state index contributed by atoms with van der Waals surface area (Å²) in [7, 11) is 0. The van der Waals surface area contributed by atoms with Crippen LogP contribution < -0.4 is 0 Å². The molecule has 23 heavy (non-hydrogen) atoms. The molecule has 0 aromatic carbocycles. The summed E-state index contributed by atoms with van der Waals surface area (Å²) in [4.78, 5) is 2.52. The number of hydrogen-bond donors (Lipinski definition) is 1. The van der Waals surface area contributed by atoms with Gasteiger partial charge in [-0.25, -0.2) is 8.78 Å². The lowest BCUT2D eigenvalue weighted by Crippen LogP contribution is -2.70. The summed E-state index contributed by atoms with van der Waals surface area (Å²) in [6, 6.07) is 0. The van der Waals surface area contributed by atoms with Gasteiger partial charge in [0.05, 0.1) is 0 Å². The Balaban J connectivity index is 6.65. The van der Waals surface area contributed by atoms with E-state index in [0.717, 1.165) is 0 Å². The lowest BCUT2D eigenvalue weighted by atomic mass is 9.87. The second-order valence-corrected chi connectivity index (χ2v) is 4.69. The van der Waals surface area contributed by atoms with Crippen molar-refractivity contribution in [1.29, 1.82) is 0 Å². The zero-order valence-corrected chi connectivity index (χ0v) is 11.3. The first-order valence-corrected chi connectivity index (χ1v) is 5.35. The average molecular weight is 409 g/mol. The third-order valence-electron chi connectivity index (χ3n) is 2.24. The largest absolute Gasteiger partial charge is 0.458 e. The highest BCUT2D eigenvalue weighted by atomic mass is 35.5. The van der Waals surface area contributed by atoms with Gasteiger partial charge in [-0.15, -0.1) is 0 Å². The molecule has 0 heterocycles. The zero-order chi connectivity index (χ0) is 19.1. The van der Waals surface area contributed by atoms with Gasteiger partial charge >= 0.3 is 34.2 Å². The van der Waals surface area contributed by atoms with Crippen LogP contribution in [-0.4, -0.2) is 39.5 Å². The molecule has 0 aliphatic rings. The van der Waals surface area contributed by atoms with Gasteiger partial charge < -0.3 is 0 Å². The molecule has 2 atom stereocenters. The highest BCUT2D eigenvalue weighted by Crippen LogP contribution is 2.60. The van der Waals surface area contributed by atoms with Gasteiger partial charge in [-0.05, 0) is 17.5 Å². The molecule has 0 saturated carbocycles. The van der Waals surface area contributed by atoms with E-state index in [9.17, 15) is 48.3 Å². The number of rotatable bonds is 4. The Kier molecular flexibility index (Phi) is 5.67. The van der Waals surface area contributed by atoms with Crippen molar-refractivity contribution in [3.63, 3.8) is 0 Å². The minimum Gasteiger partial charge on any atom is -0.285 e. The lowest BCUT2D eigenvalue weighted by Gasteiger charge is -2.40. The van der Waals surface area contributed by atoms with E-state index in [1.165, 1.54) is 0 Å². The summed E-state index contributed by atoms with van der Waals surface area (Å²) in [6.07, 6.45) is -7.01. The predicted molar refractivity (Wildman–Crippen MR) is 51.8 cm³/mol. The van der Waals surface area contributed by atoms with Crippen molar-refractivity contribution in [2.45, 2.75) is 34.2 Å². The van der Waals surface area contributed by atoms with E-state index in [2.05, 4.69) is 28.1 Å². The molecule has 136 valence electrons. The fourth-order valence-electron chi connectivity index (χ4n) is 1.04. The molecule has 0 spiro atoms. The maximum absolute atomic E-state index is 13.8. The maximum atomic E-state index is 13.8. The fraction of sp³-hybridized carbons (Fsp3) is 0.750. The van der Waals surface area contributed by atoms with Crippen LogP contribution in [0.2, 0.25) is 0 Å². The van der Waals surface area contributed by atoms with Crippen LogP contribution in [0, 0.1) is 12.0 Å². The number of hydrogen-bond acceptors (Lipinski definition) is 2. The van der Waals surface area contributed by atoms with Crippen molar-refractivity contribution < 1.29 is 58.4 Å². The van der Waals surface area contributed by atoms with Crippen molar-refractivity contribution >= 4 is 23.2 Å². The molecule has 0 aromatic rings. The summed E-state index contributed by atoms with van der Waals surface area (Å²) in [6.45, 7) is 0. The van der Waals surface area contributed by atoms with Gasteiger partial charge in [-0.1, -0.05) is 11.6 Å². The molecule has 0 aliphatic heterocycles. The first-order chi connectivity index (χ1) is 9.81. The predicted octanol–water partition coefficient (Wildman–Crippen LogP) is 4.71. The highest BCUT2D eigenvalue weighted by molar-refractivity contribution is 6.33. The van der Waals surface area contributed by atoms with Crippen molar-refractivity contribution in [3.8, 4) is 12.0 Å². The van der Waals surface area contributed by atoms with Crippen LogP contribution in [0.3, 0.4) is 0 Å².